The number of hydrogen-bond donors (Lipinski definition) is 2. The molecule has 2 unspecified atom stereocenters. The summed E-state index contributed by atoms with van der Waals surface area (Å²) in [6.45, 7) is 1.19. The molecule has 26 heavy (non-hydrogen) atoms. The molecule has 0 spiro atoms. The molecule has 3 rings (SSSR count). The highest BCUT2D eigenvalue weighted by Gasteiger charge is 2.37. The molecule has 8 heteroatoms. The maximum Gasteiger partial charge on any atom is 0.325 e. The van der Waals surface area contributed by atoms with Crippen molar-refractivity contribution in [1.29, 1.82) is 0 Å². The maximum absolute atomic E-state index is 12.9. The summed E-state index contributed by atoms with van der Waals surface area (Å²) in [6, 6.07) is 13.5. The Hall–Kier alpha value is -3.42. The van der Waals surface area contributed by atoms with Gasteiger partial charge in [0, 0.05) is 11.8 Å². The van der Waals surface area contributed by atoms with Crippen molar-refractivity contribution in [2.75, 3.05) is 12.0 Å². The number of benzene rings is 1. The molecule has 0 saturated carbocycles. The predicted molar refractivity (Wildman–Crippen MR) is 94.5 cm³/mol. The van der Waals surface area contributed by atoms with Gasteiger partial charge in [0.1, 0.15) is 18.5 Å². The fraction of sp³-hybridized carbons (Fsp3) is 0.222. The Morgan fingerprint density at radius 3 is 2.58 bits per heavy atom. The second-order valence-electron chi connectivity index (χ2n) is 5.71. The third kappa shape index (κ3) is 3.97. The van der Waals surface area contributed by atoms with Crippen LogP contribution in [0.4, 0.5) is 5.82 Å². The molecule has 1 aliphatic heterocycles. The number of carbonyl (C=O) groups excluding carboxylic acids is 1. The molecule has 0 bridgehead atoms. The summed E-state index contributed by atoms with van der Waals surface area (Å²) in [5.41, 5.74) is 3.49. The molecule has 1 amide bonds. The van der Waals surface area contributed by atoms with E-state index < -0.39 is 30.6 Å². The number of aliphatic imine (C=N–C) groups is 1. The summed E-state index contributed by atoms with van der Waals surface area (Å²) in [4.78, 5) is 32.4. The minimum Gasteiger partial charge on any atom is -0.480 e. The SMILES string of the molecule is CC1OC(c2ccccc2)=NC1C(=O)N(CC(=O)O)Nc1ccccn1. The fourth-order valence-corrected chi connectivity index (χ4v) is 2.52. The van der Waals surface area contributed by atoms with E-state index in [1.165, 1.54) is 0 Å². The predicted octanol–water partition coefficient (Wildman–Crippen LogP) is 1.56. The number of rotatable bonds is 6. The van der Waals surface area contributed by atoms with Gasteiger partial charge in [-0.2, -0.15) is 0 Å². The standard InChI is InChI=1S/C18H18N4O4/c1-12-16(20-17(26-12)13-7-3-2-4-8-13)18(25)22(11-15(23)24)21-14-9-5-6-10-19-14/h2-10,12,16H,11H2,1H3,(H,19,21)(H,23,24). The van der Waals surface area contributed by atoms with Crippen LogP contribution in [0.3, 0.4) is 0 Å². The zero-order valence-electron chi connectivity index (χ0n) is 14.1. The lowest BCUT2D eigenvalue weighted by atomic mass is 10.2. The van der Waals surface area contributed by atoms with Crippen molar-refractivity contribution in [1.82, 2.24) is 9.99 Å². The summed E-state index contributed by atoms with van der Waals surface area (Å²) in [5, 5.41) is 10.1. The van der Waals surface area contributed by atoms with Gasteiger partial charge in [0.2, 0.25) is 5.90 Å². The molecule has 0 radical (unpaired) electrons. The first-order valence-corrected chi connectivity index (χ1v) is 8.05. The van der Waals surface area contributed by atoms with Gasteiger partial charge in [-0.05, 0) is 31.2 Å². The third-order valence-electron chi connectivity index (χ3n) is 3.75. The molecule has 2 atom stereocenters. The number of carboxylic acid groups (broad SMARTS) is 1. The lowest BCUT2D eigenvalue weighted by molar-refractivity contribution is -0.144. The van der Waals surface area contributed by atoms with E-state index in [1.54, 1.807) is 31.3 Å². The number of carboxylic acids is 1. The highest BCUT2D eigenvalue weighted by atomic mass is 16.5. The van der Waals surface area contributed by atoms with E-state index >= 15 is 0 Å². The van der Waals surface area contributed by atoms with E-state index in [0.717, 1.165) is 10.6 Å². The second kappa shape index (κ2) is 7.64. The maximum atomic E-state index is 12.9. The van der Waals surface area contributed by atoms with E-state index in [-0.39, 0.29) is 0 Å². The molecular weight excluding hydrogens is 336 g/mol. The van der Waals surface area contributed by atoms with Gasteiger partial charge in [0.05, 0.1) is 0 Å². The van der Waals surface area contributed by atoms with E-state index in [0.29, 0.717) is 11.7 Å². The van der Waals surface area contributed by atoms with Crippen LogP contribution in [0.5, 0.6) is 0 Å². The Kier molecular flexibility index (Phi) is 5.12. The zero-order chi connectivity index (χ0) is 18.5. The molecule has 2 N–H and O–H groups in total. The number of nitrogens with one attached hydrogen (secondary N) is 1. The van der Waals surface area contributed by atoms with E-state index in [1.807, 2.05) is 30.3 Å². The van der Waals surface area contributed by atoms with Crippen LogP contribution in [-0.4, -0.2) is 51.6 Å². The molecule has 0 fully saturated rings. The van der Waals surface area contributed by atoms with Gasteiger partial charge in [0.15, 0.2) is 6.04 Å². The van der Waals surface area contributed by atoms with Gasteiger partial charge in [-0.3, -0.25) is 15.0 Å². The molecule has 0 aliphatic carbocycles. The summed E-state index contributed by atoms with van der Waals surface area (Å²) < 4.78 is 5.70. The first kappa shape index (κ1) is 17.4. The van der Waals surface area contributed by atoms with Crippen molar-refractivity contribution in [3.8, 4) is 0 Å². The quantitative estimate of drug-likeness (QED) is 0.763. The number of ether oxygens (including phenoxy) is 1. The van der Waals surface area contributed by atoms with E-state index in [4.69, 9.17) is 9.84 Å². The topological polar surface area (TPSA) is 104 Å². The van der Waals surface area contributed by atoms with Gasteiger partial charge < -0.3 is 9.84 Å². The van der Waals surface area contributed by atoms with E-state index in [2.05, 4.69) is 15.4 Å². The average molecular weight is 354 g/mol. The van der Waals surface area contributed by atoms with Crippen molar-refractivity contribution in [3.05, 3.63) is 60.3 Å². The highest BCUT2D eigenvalue weighted by Crippen LogP contribution is 2.20. The van der Waals surface area contributed by atoms with Crippen molar-refractivity contribution in [2.45, 2.75) is 19.1 Å². The minimum atomic E-state index is -1.15. The molecular formula is C18H18N4O4. The number of hydrogen-bond acceptors (Lipinski definition) is 6. The molecule has 0 saturated heterocycles. The number of anilines is 1. The summed E-state index contributed by atoms with van der Waals surface area (Å²) in [6.07, 6.45) is 1.03. The average Bonchev–Trinajstić information content (AvgIpc) is 3.03. The van der Waals surface area contributed by atoms with Crippen molar-refractivity contribution in [3.63, 3.8) is 0 Å². The number of aliphatic carboxylic acids is 1. The molecule has 8 nitrogen and oxygen atoms in total. The van der Waals surface area contributed by atoms with Crippen LogP contribution < -0.4 is 5.43 Å². The van der Waals surface area contributed by atoms with Crippen LogP contribution in [0.1, 0.15) is 12.5 Å². The van der Waals surface area contributed by atoms with Crippen LogP contribution in [-0.2, 0) is 14.3 Å². The largest absolute Gasteiger partial charge is 0.480 e. The van der Waals surface area contributed by atoms with Crippen molar-refractivity contribution in [2.24, 2.45) is 4.99 Å². The van der Waals surface area contributed by atoms with Crippen LogP contribution in [0, 0.1) is 0 Å². The van der Waals surface area contributed by atoms with Crippen LogP contribution >= 0.6 is 0 Å². The fourth-order valence-electron chi connectivity index (χ4n) is 2.52. The summed E-state index contributed by atoms with van der Waals surface area (Å²) in [5.74, 6) is -0.928. The zero-order valence-corrected chi connectivity index (χ0v) is 14.1. The minimum absolute atomic E-state index is 0.362. The smallest absolute Gasteiger partial charge is 0.325 e. The molecule has 1 aliphatic rings. The Balaban J connectivity index is 1.81. The number of amides is 1. The van der Waals surface area contributed by atoms with Gasteiger partial charge in [0.25, 0.3) is 5.91 Å². The Morgan fingerprint density at radius 2 is 1.92 bits per heavy atom. The van der Waals surface area contributed by atoms with Gasteiger partial charge in [-0.15, -0.1) is 0 Å². The Morgan fingerprint density at radius 1 is 1.19 bits per heavy atom. The van der Waals surface area contributed by atoms with Gasteiger partial charge in [-0.25, -0.2) is 15.0 Å². The monoisotopic (exact) mass is 354 g/mol. The first-order valence-electron chi connectivity index (χ1n) is 8.05. The Bertz CT molecular complexity index is 810. The molecule has 1 aromatic carbocycles. The van der Waals surface area contributed by atoms with Crippen LogP contribution in [0.15, 0.2) is 59.7 Å². The molecule has 2 aromatic rings. The van der Waals surface area contributed by atoms with Gasteiger partial charge in [-0.1, -0.05) is 24.3 Å². The van der Waals surface area contributed by atoms with Crippen molar-refractivity contribution >= 4 is 23.6 Å². The number of carbonyl (C=O) groups is 2. The second-order valence-corrected chi connectivity index (χ2v) is 5.71. The number of nitrogens with zero attached hydrogens (tertiary/aromatic N) is 3. The Labute approximate surface area is 150 Å². The van der Waals surface area contributed by atoms with Gasteiger partial charge >= 0.3 is 5.97 Å². The van der Waals surface area contributed by atoms with Crippen LogP contribution in [0.2, 0.25) is 0 Å². The van der Waals surface area contributed by atoms with E-state index in [9.17, 15) is 9.59 Å². The molecule has 134 valence electrons. The number of aromatic nitrogens is 1. The number of pyridine rings is 1. The highest BCUT2D eigenvalue weighted by molar-refractivity contribution is 5.99. The van der Waals surface area contributed by atoms with Crippen LogP contribution in [0.25, 0.3) is 0 Å². The summed E-state index contributed by atoms with van der Waals surface area (Å²) in [7, 11) is 0. The lowest BCUT2D eigenvalue weighted by Gasteiger charge is -2.24. The first-order chi connectivity index (χ1) is 12.5. The molecule has 2 heterocycles. The van der Waals surface area contributed by atoms with Crippen molar-refractivity contribution < 1.29 is 19.4 Å². The third-order valence-corrected chi connectivity index (χ3v) is 3.75. The summed E-state index contributed by atoms with van der Waals surface area (Å²) >= 11 is 0. The molecule has 1 aromatic heterocycles. The number of hydrazine groups is 1. The lowest BCUT2D eigenvalue weighted by Crippen LogP contribution is -2.47. The normalized spacial score (nSPS) is 18.6.